The summed E-state index contributed by atoms with van der Waals surface area (Å²) in [7, 11) is 1.19. The summed E-state index contributed by atoms with van der Waals surface area (Å²) >= 11 is 1.25. The number of carbonyl (C=O) groups is 2. The van der Waals surface area contributed by atoms with Gasteiger partial charge in [-0.25, -0.2) is 14.8 Å². The maximum absolute atomic E-state index is 12.5. The molecule has 1 aliphatic rings. The molecule has 0 saturated carbocycles. The molecule has 0 unspecified atom stereocenters. The van der Waals surface area contributed by atoms with Gasteiger partial charge in [-0.3, -0.25) is 10.0 Å². The molecule has 2 rings (SSSR count). The van der Waals surface area contributed by atoms with Crippen LogP contribution in [0, 0.1) is 0 Å². The standard InChI is InChI=1S/C20H28N2O4S/c1-19(2,3)13-8-12(9-14(16(13)23)20(4,5)6)10-15-17(24)22(11-27-15)18(25)21(7)26/h8-10,23,26H,11H2,1-7H3. The number of hydrogen-bond acceptors (Lipinski definition) is 5. The van der Waals surface area contributed by atoms with Crippen LogP contribution < -0.4 is 0 Å². The topological polar surface area (TPSA) is 81.1 Å². The maximum atomic E-state index is 12.5. The summed E-state index contributed by atoms with van der Waals surface area (Å²) in [5.41, 5.74) is 1.87. The molecular weight excluding hydrogens is 364 g/mol. The molecule has 0 bridgehead atoms. The Labute approximate surface area is 164 Å². The number of aromatic hydroxyl groups is 1. The van der Waals surface area contributed by atoms with Crippen molar-refractivity contribution >= 4 is 29.8 Å². The first kappa shape index (κ1) is 21.3. The molecule has 1 aliphatic heterocycles. The van der Waals surface area contributed by atoms with Crippen molar-refractivity contribution in [2.45, 2.75) is 52.4 Å². The van der Waals surface area contributed by atoms with Gasteiger partial charge in [0.1, 0.15) is 5.75 Å². The fourth-order valence-corrected chi connectivity index (χ4v) is 3.79. The highest BCUT2D eigenvalue weighted by Crippen LogP contribution is 2.41. The lowest BCUT2D eigenvalue weighted by Gasteiger charge is -2.28. The van der Waals surface area contributed by atoms with Gasteiger partial charge in [-0.2, -0.15) is 0 Å². The third kappa shape index (κ3) is 4.47. The van der Waals surface area contributed by atoms with Gasteiger partial charge < -0.3 is 5.11 Å². The van der Waals surface area contributed by atoms with E-state index in [-0.39, 0.29) is 22.5 Å². The predicted molar refractivity (Wildman–Crippen MR) is 108 cm³/mol. The normalized spacial score (nSPS) is 17.0. The number of nitrogens with zero attached hydrogens (tertiary/aromatic N) is 2. The summed E-state index contributed by atoms with van der Waals surface area (Å²) in [4.78, 5) is 25.8. The Balaban J connectivity index is 2.52. The number of thioether (sulfide) groups is 1. The molecule has 0 aliphatic carbocycles. The van der Waals surface area contributed by atoms with Crippen molar-refractivity contribution in [3.05, 3.63) is 33.7 Å². The lowest BCUT2D eigenvalue weighted by atomic mass is 9.78. The molecule has 1 aromatic rings. The summed E-state index contributed by atoms with van der Waals surface area (Å²) in [5, 5.41) is 20.5. The van der Waals surface area contributed by atoms with Crippen LogP contribution in [-0.4, -0.2) is 45.1 Å². The van der Waals surface area contributed by atoms with Crippen LogP contribution in [-0.2, 0) is 15.6 Å². The Hall–Kier alpha value is -1.99. The third-order valence-corrected chi connectivity index (χ3v) is 5.35. The largest absolute Gasteiger partial charge is 0.507 e. The molecule has 7 heteroatoms. The van der Waals surface area contributed by atoms with E-state index in [1.165, 1.54) is 18.8 Å². The zero-order valence-corrected chi connectivity index (χ0v) is 17.8. The van der Waals surface area contributed by atoms with Gasteiger partial charge in [-0.1, -0.05) is 53.3 Å². The second-order valence-electron chi connectivity index (χ2n) is 8.79. The highest BCUT2D eigenvalue weighted by atomic mass is 32.2. The molecule has 148 valence electrons. The number of imide groups is 1. The predicted octanol–water partition coefficient (Wildman–Crippen LogP) is 4.30. The summed E-state index contributed by atoms with van der Waals surface area (Å²) in [6.45, 7) is 12.2. The minimum atomic E-state index is -0.757. The Morgan fingerprint density at radius 1 is 1.15 bits per heavy atom. The van der Waals surface area contributed by atoms with Gasteiger partial charge in [0.05, 0.1) is 10.8 Å². The van der Waals surface area contributed by atoms with Crippen LogP contribution in [0.25, 0.3) is 6.08 Å². The molecule has 27 heavy (non-hydrogen) atoms. The van der Waals surface area contributed by atoms with Crippen molar-refractivity contribution in [2.24, 2.45) is 0 Å². The van der Waals surface area contributed by atoms with Crippen LogP contribution in [0.1, 0.15) is 58.2 Å². The fourth-order valence-electron chi connectivity index (χ4n) is 2.84. The van der Waals surface area contributed by atoms with Crippen molar-refractivity contribution in [2.75, 3.05) is 12.9 Å². The molecule has 0 spiro atoms. The van der Waals surface area contributed by atoms with E-state index in [9.17, 15) is 19.9 Å². The van der Waals surface area contributed by atoms with Crippen molar-refractivity contribution in [1.82, 2.24) is 9.96 Å². The highest BCUT2D eigenvalue weighted by Gasteiger charge is 2.34. The minimum Gasteiger partial charge on any atom is -0.507 e. The molecule has 1 fully saturated rings. The Kier molecular flexibility index (Phi) is 5.69. The van der Waals surface area contributed by atoms with Gasteiger partial charge in [0.2, 0.25) is 0 Å². The number of benzene rings is 1. The van der Waals surface area contributed by atoms with Crippen LogP contribution in [0.2, 0.25) is 0 Å². The Bertz CT molecular complexity index is 766. The summed E-state index contributed by atoms with van der Waals surface area (Å²) in [6.07, 6.45) is 1.74. The number of hydrogen-bond donors (Lipinski definition) is 2. The molecule has 1 saturated heterocycles. The quantitative estimate of drug-likeness (QED) is 0.423. The zero-order valence-electron chi connectivity index (χ0n) is 17.0. The van der Waals surface area contributed by atoms with E-state index < -0.39 is 11.9 Å². The first-order valence-corrected chi connectivity index (χ1v) is 9.73. The van der Waals surface area contributed by atoms with Gasteiger partial charge in [-0.15, -0.1) is 0 Å². The molecule has 2 N–H and O–H groups in total. The average Bonchev–Trinajstić information content (AvgIpc) is 2.86. The van der Waals surface area contributed by atoms with Gasteiger partial charge in [0.15, 0.2) is 0 Å². The minimum absolute atomic E-state index is 0.157. The summed E-state index contributed by atoms with van der Waals surface area (Å²) < 4.78 is 0. The monoisotopic (exact) mass is 392 g/mol. The number of amides is 3. The Morgan fingerprint density at radius 3 is 2.04 bits per heavy atom. The number of phenols is 1. The van der Waals surface area contributed by atoms with E-state index in [4.69, 9.17) is 0 Å². The van der Waals surface area contributed by atoms with E-state index in [1.807, 2.05) is 53.7 Å². The van der Waals surface area contributed by atoms with Crippen molar-refractivity contribution < 1.29 is 19.9 Å². The van der Waals surface area contributed by atoms with Gasteiger partial charge in [0, 0.05) is 18.2 Å². The number of carbonyl (C=O) groups excluding carboxylic acids is 2. The highest BCUT2D eigenvalue weighted by molar-refractivity contribution is 8.04. The van der Waals surface area contributed by atoms with Crippen LogP contribution in [0.4, 0.5) is 4.79 Å². The fraction of sp³-hybridized carbons (Fsp3) is 0.500. The second kappa shape index (κ2) is 7.20. The molecule has 1 aromatic carbocycles. The number of hydroxylamine groups is 2. The van der Waals surface area contributed by atoms with Crippen molar-refractivity contribution in [3.8, 4) is 5.75 Å². The van der Waals surface area contributed by atoms with E-state index in [1.54, 1.807) is 6.08 Å². The van der Waals surface area contributed by atoms with E-state index in [0.717, 1.165) is 21.6 Å². The van der Waals surface area contributed by atoms with Crippen LogP contribution >= 0.6 is 11.8 Å². The second-order valence-corrected chi connectivity index (χ2v) is 9.77. The number of urea groups is 1. The lowest BCUT2D eigenvalue weighted by Crippen LogP contribution is -2.40. The summed E-state index contributed by atoms with van der Waals surface area (Å²) in [6, 6.07) is 3.01. The smallest absolute Gasteiger partial charge is 0.351 e. The average molecular weight is 393 g/mol. The molecule has 0 atom stereocenters. The van der Waals surface area contributed by atoms with E-state index >= 15 is 0 Å². The van der Waals surface area contributed by atoms with E-state index in [2.05, 4.69) is 0 Å². The number of phenolic OH excluding ortho intramolecular Hbond substituents is 1. The molecule has 0 aromatic heterocycles. The van der Waals surface area contributed by atoms with Crippen LogP contribution in [0.3, 0.4) is 0 Å². The summed E-state index contributed by atoms with van der Waals surface area (Å²) in [5.74, 6) is -0.0000634. The Morgan fingerprint density at radius 2 is 1.63 bits per heavy atom. The molecule has 0 radical (unpaired) electrons. The van der Waals surface area contributed by atoms with Crippen molar-refractivity contribution in [3.63, 3.8) is 0 Å². The van der Waals surface area contributed by atoms with Crippen molar-refractivity contribution in [1.29, 1.82) is 0 Å². The molecular formula is C20H28N2O4S. The third-order valence-electron chi connectivity index (χ3n) is 4.36. The number of rotatable bonds is 1. The van der Waals surface area contributed by atoms with Gasteiger partial charge in [0.25, 0.3) is 5.91 Å². The molecule has 3 amide bonds. The van der Waals surface area contributed by atoms with Gasteiger partial charge in [-0.05, 0) is 34.6 Å². The lowest BCUT2D eigenvalue weighted by molar-refractivity contribution is -0.124. The SMILES string of the molecule is CN(O)C(=O)N1CSC(=Cc2cc(C(C)(C)C)c(O)c(C(C)(C)C)c2)C1=O. The van der Waals surface area contributed by atoms with E-state index in [0.29, 0.717) is 9.97 Å². The first-order valence-electron chi connectivity index (χ1n) is 8.74. The molecule has 1 heterocycles. The van der Waals surface area contributed by atoms with Gasteiger partial charge >= 0.3 is 6.03 Å². The zero-order chi connectivity index (χ0) is 20.7. The maximum Gasteiger partial charge on any atom is 0.351 e. The first-order chi connectivity index (χ1) is 12.2. The van der Waals surface area contributed by atoms with Crippen LogP contribution in [0.15, 0.2) is 17.0 Å². The van der Waals surface area contributed by atoms with Crippen LogP contribution in [0.5, 0.6) is 5.75 Å². The molecule has 6 nitrogen and oxygen atoms in total.